The summed E-state index contributed by atoms with van der Waals surface area (Å²) in [5, 5.41) is 4.36. The lowest BCUT2D eigenvalue weighted by molar-refractivity contribution is 0.821. The van der Waals surface area contributed by atoms with E-state index < -0.39 is 0 Å². The second-order valence-corrected chi connectivity index (χ2v) is 3.86. The Kier molecular flexibility index (Phi) is 3.19. The number of fused-ring (bicyclic) bond motifs is 1. The van der Waals surface area contributed by atoms with Crippen molar-refractivity contribution < 1.29 is 0 Å². The van der Waals surface area contributed by atoms with Gasteiger partial charge >= 0.3 is 0 Å². The zero-order valence-corrected chi connectivity index (χ0v) is 10.1. The second kappa shape index (κ2) is 4.61. The molecule has 0 saturated heterocycles. The minimum atomic E-state index is 0.849. The van der Waals surface area contributed by atoms with Crippen molar-refractivity contribution in [1.29, 1.82) is 0 Å². The molecule has 2 aromatic rings. The number of nitrogens with one attached hydrogen (secondary N) is 2. The Labute approximate surface area is 95.5 Å². The Hall–Kier alpha value is -1.42. The minimum Gasteiger partial charge on any atom is -0.346 e. The molecule has 0 aliphatic carbocycles. The predicted octanol–water partition coefficient (Wildman–Crippen LogP) is 1.80. The van der Waals surface area contributed by atoms with Crippen LogP contribution >= 0.6 is 0 Å². The predicted molar refractivity (Wildman–Crippen MR) is 65.4 cm³/mol. The van der Waals surface area contributed by atoms with Crippen molar-refractivity contribution in [2.75, 3.05) is 7.05 Å². The van der Waals surface area contributed by atoms with Gasteiger partial charge in [-0.25, -0.2) is 9.97 Å². The molecule has 2 rings (SSSR count). The van der Waals surface area contributed by atoms with E-state index in [0.717, 1.165) is 36.6 Å². The van der Waals surface area contributed by atoms with Crippen LogP contribution in [-0.2, 0) is 19.4 Å². The summed E-state index contributed by atoms with van der Waals surface area (Å²) < 4.78 is 0. The molecule has 2 N–H and O–H groups in total. The van der Waals surface area contributed by atoms with Crippen LogP contribution in [0.5, 0.6) is 0 Å². The fourth-order valence-corrected chi connectivity index (χ4v) is 1.97. The van der Waals surface area contributed by atoms with E-state index in [1.807, 2.05) is 13.2 Å². The van der Waals surface area contributed by atoms with E-state index in [4.69, 9.17) is 0 Å². The Balaban J connectivity index is 2.62. The maximum atomic E-state index is 4.59. The first-order valence-electron chi connectivity index (χ1n) is 5.80. The standard InChI is InChI=1S/C12H18N4/c1-4-9-11-8(6-13-3)7-14-12(11)16-10(5-2)15-9/h7,13H,4-6H2,1-3H3,(H,14,15,16). The van der Waals surface area contributed by atoms with Gasteiger partial charge in [-0.2, -0.15) is 0 Å². The van der Waals surface area contributed by atoms with Gasteiger partial charge in [0.2, 0.25) is 0 Å². The van der Waals surface area contributed by atoms with Crippen molar-refractivity contribution in [3.8, 4) is 0 Å². The molecule has 4 nitrogen and oxygen atoms in total. The highest BCUT2D eigenvalue weighted by Crippen LogP contribution is 2.20. The van der Waals surface area contributed by atoms with E-state index in [2.05, 4.69) is 34.1 Å². The Morgan fingerprint density at radius 2 is 2.06 bits per heavy atom. The van der Waals surface area contributed by atoms with Crippen LogP contribution < -0.4 is 5.32 Å². The number of nitrogens with zero attached hydrogens (tertiary/aromatic N) is 2. The molecule has 0 aliphatic heterocycles. The Bertz CT molecular complexity index is 487. The highest BCUT2D eigenvalue weighted by Gasteiger charge is 2.11. The third kappa shape index (κ3) is 1.80. The molecule has 0 aliphatic rings. The molecule has 0 unspecified atom stereocenters. The Morgan fingerprint density at radius 3 is 2.69 bits per heavy atom. The molecule has 0 saturated carbocycles. The van der Waals surface area contributed by atoms with Crippen molar-refractivity contribution in [2.45, 2.75) is 33.2 Å². The van der Waals surface area contributed by atoms with Crippen molar-refractivity contribution in [2.24, 2.45) is 0 Å². The van der Waals surface area contributed by atoms with Crippen LogP contribution in [0.25, 0.3) is 11.0 Å². The lowest BCUT2D eigenvalue weighted by atomic mass is 10.1. The summed E-state index contributed by atoms with van der Waals surface area (Å²) in [7, 11) is 1.95. The maximum absolute atomic E-state index is 4.59. The number of aromatic amines is 1. The average molecular weight is 218 g/mol. The third-order valence-corrected chi connectivity index (χ3v) is 2.75. The summed E-state index contributed by atoms with van der Waals surface area (Å²) in [5.41, 5.74) is 3.36. The van der Waals surface area contributed by atoms with Crippen molar-refractivity contribution in [1.82, 2.24) is 20.3 Å². The van der Waals surface area contributed by atoms with Crippen LogP contribution in [0, 0.1) is 0 Å². The van der Waals surface area contributed by atoms with E-state index in [9.17, 15) is 0 Å². The summed E-state index contributed by atoms with van der Waals surface area (Å²) in [6.07, 6.45) is 3.85. The second-order valence-electron chi connectivity index (χ2n) is 3.86. The SMILES string of the molecule is CCc1nc(CC)c2c(CNC)c[nH]c2n1. The van der Waals surface area contributed by atoms with Gasteiger partial charge in [-0.15, -0.1) is 0 Å². The molecule has 0 spiro atoms. The highest BCUT2D eigenvalue weighted by molar-refractivity contribution is 5.82. The van der Waals surface area contributed by atoms with Gasteiger partial charge in [0.25, 0.3) is 0 Å². The number of hydrogen-bond donors (Lipinski definition) is 2. The normalized spacial score (nSPS) is 11.2. The number of aromatic nitrogens is 3. The lowest BCUT2D eigenvalue weighted by Gasteiger charge is -2.04. The van der Waals surface area contributed by atoms with Gasteiger partial charge < -0.3 is 10.3 Å². The first-order valence-corrected chi connectivity index (χ1v) is 5.80. The molecule has 0 fully saturated rings. The van der Waals surface area contributed by atoms with Gasteiger partial charge in [0.1, 0.15) is 11.5 Å². The smallest absolute Gasteiger partial charge is 0.141 e. The fraction of sp³-hybridized carbons (Fsp3) is 0.500. The topological polar surface area (TPSA) is 53.6 Å². The molecular formula is C12H18N4. The van der Waals surface area contributed by atoms with Gasteiger partial charge in [-0.3, -0.25) is 0 Å². The quantitative estimate of drug-likeness (QED) is 0.822. The van der Waals surface area contributed by atoms with E-state index in [1.165, 1.54) is 10.9 Å². The molecule has 4 heteroatoms. The van der Waals surface area contributed by atoms with E-state index >= 15 is 0 Å². The van der Waals surface area contributed by atoms with Gasteiger partial charge in [0.15, 0.2) is 0 Å². The minimum absolute atomic E-state index is 0.849. The summed E-state index contributed by atoms with van der Waals surface area (Å²) in [6, 6.07) is 0. The molecular weight excluding hydrogens is 200 g/mol. The maximum Gasteiger partial charge on any atom is 0.141 e. The molecule has 0 atom stereocenters. The van der Waals surface area contributed by atoms with Crippen LogP contribution in [-0.4, -0.2) is 22.0 Å². The fourth-order valence-electron chi connectivity index (χ4n) is 1.97. The molecule has 86 valence electrons. The van der Waals surface area contributed by atoms with Gasteiger partial charge in [-0.1, -0.05) is 13.8 Å². The molecule has 0 aromatic carbocycles. The number of rotatable bonds is 4. The number of hydrogen-bond acceptors (Lipinski definition) is 3. The zero-order valence-electron chi connectivity index (χ0n) is 10.1. The molecule has 16 heavy (non-hydrogen) atoms. The third-order valence-electron chi connectivity index (χ3n) is 2.75. The van der Waals surface area contributed by atoms with Gasteiger partial charge in [-0.05, 0) is 19.0 Å². The van der Waals surface area contributed by atoms with Crippen molar-refractivity contribution in [3.63, 3.8) is 0 Å². The van der Waals surface area contributed by atoms with Crippen molar-refractivity contribution >= 4 is 11.0 Å². The average Bonchev–Trinajstić information content (AvgIpc) is 2.72. The molecule has 0 bridgehead atoms. The van der Waals surface area contributed by atoms with E-state index in [-0.39, 0.29) is 0 Å². The summed E-state index contributed by atoms with van der Waals surface area (Å²) in [6.45, 7) is 5.07. The van der Waals surface area contributed by atoms with Crippen LogP contribution in [0.4, 0.5) is 0 Å². The lowest BCUT2D eigenvalue weighted by Crippen LogP contribution is -2.06. The van der Waals surface area contributed by atoms with Crippen LogP contribution in [0.1, 0.15) is 30.9 Å². The first-order chi connectivity index (χ1) is 7.80. The van der Waals surface area contributed by atoms with Gasteiger partial charge in [0, 0.05) is 24.5 Å². The van der Waals surface area contributed by atoms with Crippen LogP contribution in [0.3, 0.4) is 0 Å². The zero-order chi connectivity index (χ0) is 11.5. The van der Waals surface area contributed by atoms with Crippen LogP contribution in [0.15, 0.2) is 6.20 Å². The van der Waals surface area contributed by atoms with Gasteiger partial charge in [0.05, 0.1) is 5.69 Å². The largest absolute Gasteiger partial charge is 0.346 e. The Morgan fingerprint density at radius 1 is 1.25 bits per heavy atom. The van der Waals surface area contributed by atoms with E-state index in [1.54, 1.807) is 0 Å². The molecule has 2 aromatic heterocycles. The monoisotopic (exact) mass is 218 g/mol. The summed E-state index contributed by atoms with van der Waals surface area (Å²) in [5.74, 6) is 0.919. The molecule has 0 radical (unpaired) electrons. The van der Waals surface area contributed by atoms with Crippen LogP contribution in [0.2, 0.25) is 0 Å². The number of aryl methyl sites for hydroxylation is 2. The highest BCUT2D eigenvalue weighted by atomic mass is 15.0. The van der Waals surface area contributed by atoms with Crippen molar-refractivity contribution in [3.05, 3.63) is 23.3 Å². The summed E-state index contributed by atoms with van der Waals surface area (Å²) in [4.78, 5) is 12.3. The molecule has 2 heterocycles. The molecule has 0 amide bonds. The summed E-state index contributed by atoms with van der Waals surface area (Å²) >= 11 is 0. The van der Waals surface area contributed by atoms with E-state index in [0.29, 0.717) is 0 Å². The number of H-pyrrole nitrogens is 1. The first kappa shape index (κ1) is 11.1.